The van der Waals surface area contributed by atoms with Gasteiger partial charge in [0.15, 0.2) is 5.96 Å². The molecule has 0 saturated carbocycles. The summed E-state index contributed by atoms with van der Waals surface area (Å²) in [7, 11) is 0. The Labute approximate surface area is 151 Å². The van der Waals surface area contributed by atoms with Crippen molar-refractivity contribution in [2.45, 2.75) is 32.4 Å². The lowest BCUT2D eigenvalue weighted by Gasteiger charge is -2.24. The summed E-state index contributed by atoms with van der Waals surface area (Å²) in [6.45, 7) is 2.84. The van der Waals surface area contributed by atoms with Gasteiger partial charge in [0.2, 0.25) is 0 Å². The molecule has 1 saturated heterocycles. The number of halogens is 3. The number of nitrogens with one attached hydrogen (secondary N) is 2. The summed E-state index contributed by atoms with van der Waals surface area (Å²) >= 11 is 1.93. The maximum Gasteiger partial charge on any atom is 0.191 e. The van der Waals surface area contributed by atoms with E-state index in [1.807, 2.05) is 18.7 Å². The molecule has 3 nitrogen and oxygen atoms in total. The zero-order valence-electron chi connectivity index (χ0n) is 12.6. The molecule has 0 amide bonds. The predicted molar refractivity (Wildman–Crippen MR) is 100 cm³/mol. The summed E-state index contributed by atoms with van der Waals surface area (Å²) in [4.78, 5) is 4.36. The van der Waals surface area contributed by atoms with Crippen LogP contribution in [0.1, 0.15) is 25.3 Å². The van der Waals surface area contributed by atoms with Crippen LogP contribution in [0.5, 0.6) is 0 Å². The highest BCUT2D eigenvalue weighted by Crippen LogP contribution is 2.17. The Morgan fingerprint density at radius 3 is 2.91 bits per heavy atom. The molecule has 1 unspecified atom stereocenters. The average Bonchev–Trinajstić information content (AvgIpc) is 2.49. The number of aliphatic imine (C=N–C) groups is 1. The highest BCUT2D eigenvalue weighted by molar-refractivity contribution is 14.0. The van der Waals surface area contributed by atoms with Crippen LogP contribution in [0.25, 0.3) is 0 Å². The highest BCUT2D eigenvalue weighted by Gasteiger charge is 2.14. The van der Waals surface area contributed by atoms with Crippen molar-refractivity contribution >= 4 is 41.7 Å². The van der Waals surface area contributed by atoms with Gasteiger partial charge in [-0.25, -0.2) is 13.8 Å². The number of hydrogen-bond donors (Lipinski definition) is 2. The monoisotopic (exact) mass is 441 g/mol. The van der Waals surface area contributed by atoms with Crippen molar-refractivity contribution in [1.29, 1.82) is 0 Å². The zero-order valence-corrected chi connectivity index (χ0v) is 15.7. The second-order valence-corrected chi connectivity index (χ2v) is 6.14. The molecule has 0 radical (unpaired) electrons. The summed E-state index contributed by atoms with van der Waals surface area (Å²) < 4.78 is 26.7. The van der Waals surface area contributed by atoms with Gasteiger partial charge in [-0.05, 0) is 43.7 Å². The van der Waals surface area contributed by atoms with Crippen LogP contribution in [0.2, 0.25) is 0 Å². The van der Waals surface area contributed by atoms with Gasteiger partial charge in [-0.2, -0.15) is 11.8 Å². The van der Waals surface area contributed by atoms with Gasteiger partial charge >= 0.3 is 0 Å². The number of nitrogens with zero attached hydrogens (tertiary/aromatic N) is 1. The van der Waals surface area contributed by atoms with Crippen LogP contribution in [0, 0.1) is 11.6 Å². The van der Waals surface area contributed by atoms with E-state index in [9.17, 15) is 8.78 Å². The fraction of sp³-hybridized carbons (Fsp3) is 0.533. The molecule has 1 heterocycles. The van der Waals surface area contributed by atoms with Crippen LogP contribution in [-0.2, 0) is 6.54 Å². The third-order valence-electron chi connectivity index (χ3n) is 3.26. The number of hydrogen-bond acceptors (Lipinski definition) is 2. The lowest BCUT2D eigenvalue weighted by atomic mass is 10.2. The Hall–Kier alpha value is -0.570. The molecular weight excluding hydrogens is 419 g/mol. The van der Waals surface area contributed by atoms with E-state index in [2.05, 4.69) is 15.6 Å². The molecule has 2 rings (SSSR count). The molecule has 0 aromatic heterocycles. The fourth-order valence-corrected chi connectivity index (χ4v) is 3.27. The molecule has 1 aliphatic rings. The van der Waals surface area contributed by atoms with Gasteiger partial charge in [-0.3, -0.25) is 0 Å². The van der Waals surface area contributed by atoms with Crippen LogP contribution < -0.4 is 10.6 Å². The van der Waals surface area contributed by atoms with Gasteiger partial charge < -0.3 is 10.6 Å². The van der Waals surface area contributed by atoms with Crippen molar-refractivity contribution < 1.29 is 8.78 Å². The Bertz CT molecular complexity index is 494. The minimum Gasteiger partial charge on any atom is -0.357 e. The second-order valence-electron chi connectivity index (χ2n) is 4.99. The van der Waals surface area contributed by atoms with Crippen LogP contribution in [0.3, 0.4) is 0 Å². The molecule has 1 fully saturated rings. The van der Waals surface area contributed by atoms with E-state index in [0.717, 1.165) is 30.9 Å². The predicted octanol–water partition coefficient (Wildman–Crippen LogP) is 3.53. The van der Waals surface area contributed by atoms with Gasteiger partial charge in [0, 0.05) is 23.9 Å². The summed E-state index contributed by atoms with van der Waals surface area (Å²) in [5.41, 5.74) is 0.269. The van der Waals surface area contributed by atoms with Crippen molar-refractivity contribution in [3.8, 4) is 0 Å². The molecule has 7 heteroatoms. The standard InChI is InChI=1S/C15H21F2N3S.HI/c1-2-18-15(20-13-4-3-7-21-10-13)19-9-11-8-12(16)5-6-14(11)17;/h5-6,8,13H,2-4,7,9-10H2,1H3,(H2,18,19,20);1H. The third kappa shape index (κ3) is 6.28. The van der Waals surface area contributed by atoms with Crippen LogP contribution in [0.4, 0.5) is 8.78 Å². The Balaban J connectivity index is 0.00000242. The highest BCUT2D eigenvalue weighted by atomic mass is 127. The van der Waals surface area contributed by atoms with Gasteiger partial charge in [0.05, 0.1) is 6.54 Å². The number of thioether (sulfide) groups is 1. The van der Waals surface area contributed by atoms with E-state index in [1.165, 1.54) is 18.2 Å². The normalized spacial score (nSPS) is 18.5. The molecule has 124 valence electrons. The average molecular weight is 441 g/mol. The van der Waals surface area contributed by atoms with Crippen molar-refractivity contribution in [2.75, 3.05) is 18.1 Å². The van der Waals surface area contributed by atoms with Gasteiger partial charge in [-0.15, -0.1) is 24.0 Å². The van der Waals surface area contributed by atoms with Crippen LogP contribution >= 0.6 is 35.7 Å². The molecule has 22 heavy (non-hydrogen) atoms. The van der Waals surface area contributed by atoms with E-state index >= 15 is 0 Å². The lowest BCUT2D eigenvalue weighted by molar-refractivity contribution is 0.577. The van der Waals surface area contributed by atoms with Gasteiger partial charge in [-0.1, -0.05) is 0 Å². The van der Waals surface area contributed by atoms with E-state index in [-0.39, 0.29) is 36.1 Å². The number of guanidine groups is 1. The molecule has 0 aliphatic carbocycles. The van der Waals surface area contributed by atoms with E-state index < -0.39 is 11.6 Å². The topological polar surface area (TPSA) is 36.4 Å². The first-order valence-corrected chi connectivity index (χ1v) is 8.41. The maximum atomic E-state index is 13.6. The third-order valence-corrected chi connectivity index (χ3v) is 4.48. The van der Waals surface area contributed by atoms with Crippen LogP contribution in [-0.4, -0.2) is 30.1 Å². The largest absolute Gasteiger partial charge is 0.357 e. The Morgan fingerprint density at radius 2 is 2.23 bits per heavy atom. The first-order valence-electron chi connectivity index (χ1n) is 7.25. The van der Waals surface area contributed by atoms with E-state index in [4.69, 9.17) is 0 Å². The fourth-order valence-electron chi connectivity index (χ4n) is 2.20. The van der Waals surface area contributed by atoms with Crippen molar-refractivity contribution in [3.05, 3.63) is 35.4 Å². The van der Waals surface area contributed by atoms with E-state index in [1.54, 1.807) is 0 Å². The summed E-state index contributed by atoms with van der Waals surface area (Å²) in [6.07, 6.45) is 2.31. The van der Waals surface area contributed by atoms with Gasteiger partial charge in [0.25, 0.3) is 0 Å². The molecule has 1 aromatic rings. The molecule has 1 aliphatic heterocycles. The summed E-state index contributed by atoms with van der Waals surface area (Å²) in [5, 5.41) is 6.51. The first-order chi connectivity index (χ1) is 10.2. The number of rotatable bonds is 4. The lowest BCUT2D eigenvalue weighted by Crippen LogP contribution is -2.45. The van der Waals surface area contributed by atoms with E-state index in [0.29, 0.717) is 12.0 Å². The molecule has 0 spiro atoms. The molecule has 2 N–H and O–H groups in total. The molecule has 0 bridgehead atoms. The zero-order chi connectivity index (χ0) is 15.1. The SMILES string of the molecule is CCNC(=NCc1cc(F)ccc1F)NC1CCCSC1.I. The maximum absolute atomic E-state index is 13.6. The quantitative estimate of drug-likeness (QED) is 0.427. The molecule has 1 atom stereocenters. The van der Waals surface area contributed by atoms with Crippen molar-refractivity contribution in [3.63, 3.8) is 0 Å². The smallest absolute Gasteiger partial charge is 0.191 e. The minimum absolute atomic E-state index is 0. The molecular formula is C15H22F2IN3S. The summed E-state index contributed by atoms with van der Waals surface area (Å²) in [6, 6.07) is 3.83. The second kappa shape index (κ2) is 10.3. The van der Waals surface area contributed by atoms with Crippen LogP contribution in [0.15, 0.2) is 23.2 Å². The number of benzene rings is 1. The summed E-state index contributed by atoms with van der Waals surface area (Å²) in [5.74, 6) is 2.06. The van der Waals surface area contributed by atoms with Crippen molar-refractivity contribution in [2.24, 2.45) is 4.99 Å². The molecule has 1 aromatic carbocycles. The Morgan fingerprint density at radius 1 is 1.41 bits per heavy atom. The van der Waals surface area contributed by atoms with Gasteiger partial charge in [0.1, 0.15) is 11.6 Å². The first kappa shape index (κ1) is 19.5. The minimum atomic E-state index is -0.441. The Kier molecular flexibility index (Phi) is 9.08. The van der Waals surface area contributed by atoms with Crippen molar-refractivity contribution in [1.82, 2.24) is 10.6 Å².